The maximum atomic E-state index is 13.0. The van der Waals surface area contributed by atoms with E-state index in [1.807, 2.05) is 46.2 Å². The van der Waals surface area contributed by atoms with Crippen molar-refractivity contribution in [2.45, 2.75) is 32.1 Å². The van der Waals surface area contributed by atoms with Crippen molar-refractivity contribution < 1.29 is 4.79 Å². The van der Waals surface area contributed by atoms with Crippen LogP contribution in [0.15, 0.2) is 42.9 Å². The lowest BCUT2D eigenvalue weighted by atomic mass is 9.97. The monoisotopic (exact) mass is 414 g/mol. The molecule has 1 N–H and O–H groups in total. The Morgan fingerprint density at radius 2 is 1.90 bits per heavy atom. The highest BCUT2D eigenvalue weighted by atomic mass is 16.2. The minimum Gasteiger partial charge on any atom is -0.361 e. The fourth-order valence-electron chi connectivity index (χ4n) is 5.10. The number of nitrogens with zero attached hydrogens (tertiary/aromatic N) is 5. The lowest BCUT2D eigenvalue weighted by Crippen LogP contribution is -2.49. The molecule has 4 aromatic rings. The van der Waals surface area contributed by atoms with Crippen molar-refractivity contribution >= 4 is 28.1 Å². The molecule has 0 radical (unpaired) electrons. The molecule has 7 heteroatoms. The van der Waals surface area contributed by atoms with Crippen LogP contribution in [-0.2, 0) is 24.1 Å². The molecular weight excluding hydrogens is 388 g/mol. The average Bonchev–Trinajstić information content (AvgIpc) is 3.40. The Hall–Kier alpha value is -3.35. The van der Waals surface area contributed by atoms with E-state index in [0.29, 0.717) is 6.42 Å². The predicted molar refractivity (Wildman–Crippen MR) is 120 cm³/mol. The molecule has 4 heterocycles. The molecule has 7 nitrogen and oxygen atoms in total. The van der Waals surface area contributed by atoms with Crippen LogP contribution in [0.25, 0.3) is 16.4 Å². The zero-order valence-electron chi connectivity index (χ0n) is 17.5. The van der Waals surface area contributed by atoms with Gasteiger partial charge in [0.05, 0.1) is 12.1 Å². The molecule has 158 valence electrons. The van der Waals surface area contributed by atoms with Crippen molar-refractivity contribution in [1.29, 1.82) is 0 Å². The number of amides is 1. The topological polar surface area (TPSA) is 69.5 Å². The van der Waals surface area contributed by atoms with E-state index in [1.165, 1.54) is 24.1 Å². The van der Waals surface area contributed by atoms with Crippen molar-refractivity contribution in [3.63, 3.8) is 0 Å². The van der Waals surface area contributed by atoms with E-state index < -0.39 is 0 Å². The van der Waals surface area contributed by atoms with E-state index in [9.17, 15) is 4.79 Å². The number of benzene rings is 1. The van der Waals surface area contributed by atoms with Gasteiger partial charge in [-0.2, -0.15) is 5.10 Å². The summed E-state index contributed by atoms with van der Waals surface area (Å²) in [5, 5.41) is 5.94. The fourth-order valence-corrected chi connectivity index (χ4v) is 5.10. The Morgan fingerprint density at radius 3 is 2.81 bits per heavy atom. The highest BCUT2D eigenvalue weighted by molar-refractivity contribution is 5.89. The number of hydrogen-bond donors (Lipinski definition) is 1. The Kier molecular flexibility index (Phi) is 4.40. The first-order chi connectivity index (χ1) is 15.3. The molecule has 1 saturated heterocycles. The second kappa shape index (κ2) is 7.41. The van der Waals surface area contributed by atoms with E-state index in [1.54, 1.807) is 0 Å². The van der Waals surface area contributed by atoms with Gasteiger partial charge in [0.1, 0.15) is 5.52 Å². The van der Waals surface area contributed by atoms with Crippen LogP contribution >= 0.6 is 0 Å². The van der Waals surface area contributed by atoms with Crippen LogP contribution in [-0.4, -0.2) is 56.6 Å². The number of para-hydroxylation sites is 1. The van der Waals surface area contributed by atoms with E-state index >= 15 is 0 Å². The number of nitrogens with one attached hydrogen (secondary N) is 1. The third kappa shape index (κ3) is 3.15. The zero-order valence-corrected chi connectivity index (χ0v) is 17.5. The molecule has 0 atom stereocenters. The summed E-state index contributed by atoms with van der Waals surface area (Å²) in [6.07, 6.45) is 10.8. The number of hydrogen-bond acceptors (Lipinski definition) is 4. The number of carbonyl (C=O) groups is 1. The molecule has 1 fully saturated rings. The molecular formula is C24H26N6O. The highest BCUT2D eigenvalue weighted by Crippen LogP contribution is 2.30. The van der Waals surface area contributed by atoms with Crippen molar-refractivity contribution in [1.82, 2.24) is 24.5 Å². The van der Waals surface area contributed by atoms with Gasteiger partial charge in [-0.1, -0.05) is 18.2 Å². The van der Waals surface area contributed by atoms with Gasteiger partial charge in [0.2, 0.25) is 5.91 Å². The normalized spacial score (nSPS) is 16.8. The van der Waals surface area contributed by atoms with Gasteiger partial charge in [0.15, 0.2) is 5.82 Å². The zero-order chi connectivity index (χ0) is 20.8. The number of piperazine rings is 1. The Bertz CT molecular complexity index is 1260. The van der Waals surface area contributed by atoms with Crippen LogP contribution in [0.1, 0.15) is 29.7 Å². The number of H-pyrrole nitrogens is 1. The molecule has 1 aliphatic carbocycles. The largest absolute Gasteiger partial charge is 0.361 e. The maximum absolute atomic E-state index is 13.0. The molecule has 6 rings (SSSR count). The van der Waals surface area contributed by atoms with Gasteiger partial charge in [-0.05, 0) is 37.3 Å². The second-order valence-electron chi connectivity index (χ2n) is 8.58. The van der Waals surface area contributed by atoms with Crippen molar-refractivity contribution in [3.8, 4) is 0 Å². The summed E-state index contributed by atoms with van der Waals surface area (Å²) >= 11 is 0. The standard InChI is InChI=1S/C24H26N6O/c31-22(15-17-16-26-20-7-3-1-5-18(17)20)28-11-13-29(14-12-28)24-23-19-6-2-4-8-21(19)27-30(23)10-9-25-24/h1,3,5,7,9-10,16,26H,2,4,6,8,11-15H2. The minimum atomic E-state index is 0.192. The predicted octanol–water partition coefficient (Wildman–Crippen LogP) is 2.98. The summed E-state index contributed by atoms with van der Waals surface area (Å²) < 4.78 is 2.01. The van der Waals surface area contributed by atoms with Gasteiger partial charge < -0.3 is 14.8 Å². The first-order valence-electron chi connectivity index (χ1n) is 11.2. The number of aryl methyl sites for hydroxylation is 2. The summed E-state index contributed by atoms with van der Waals surface area (Å²) in [7, 11) is 0. The van der Waals surface area contributed by atoms with Gasteiger partial charge >= 0.3 is 0 Å². The molecule has 2 aliphatic rings. The number of aromatic amines is 1. The first kappa shape index (κ1) is 18.4. The molecule has 3 aromatic heterocycles. The quantitative estimate of drug-likeness (QED) is 0.560. The number of carbonyl (C=O) groups excluding carboxylic acids is 1. The molecule has 1 aromatic carbocycles. The third-order valence-electron chi connectivity index (χ3n) is 6.75. The minimum absolute atomic E-state index is 0.192. The van der Waals surface area contributed by atoms with Crippen LogP contribution < -0.4 is 4.90 Å². The van der Waals surface area contributed by atoms with Crippen molar-refractivity contribution in [2.75, 3.05) is 31.1 Å². The number of aromatic nitrogens is 4. The van der Waals surface area contributed by atoms with E-state index in [2.05, 4.69) is 16.0 Å². The maximum Gasteiger partial charge on any atom is 0.227 e. The molecule has 1 amide bonds. The summed E-state index contributed by atoms with van der Waals surface area (Å²) in [5.41, 5.74) is 5.91. The van der Waals surface area contributed by atoms with Crippen LogP contribution in [0.3, 0.4) is 0 Å². The number of fused-ring (bicyclic) bond motifs is 4. The molecule has 0 saturated carbocycles. The van der Waals surface area contributed by atoms with Crippen molar-refractivity contribution in [2.24, 2.45) is 0 Å². The van der Waals surface area contributed by atoms with Crippen LogP contribution in [0.4, 0.5) is 5.82 Å². The molecule has 1 aliphatic heterocycles. The molecule has 31 heavy (non-hydrogen) atoms. The Labute approximate surface area is 180 Å². The third-order valence-corrected chi connectivity index (χ3v) is 6.75. The average molecular weight is 415 g/mol. The lowest BCUT2D eigenvalue weighted by molar-refractivity contribution is -0.130. The van der Waals surface area contributed by atoms with E-state index in [0.717, 1.165) is 66.8 Å². The Morgan fingerprint density at radius 1 is 1.06 bits per heavy atom. The lowest BCUT2D eigenvalue weighted by Gasteiger charge is -2.35. The van der Waals surface area contributed by atoms with E-state index in [-0.39, 0.29) is 5.91 Å². The Balaban J connectivity index is 1.18. The smallest absolute Gasteiger partial charge is 0.227 e. The van der Waals surface area contributed by atoms with Crippen LogP contribution in [0.5, 0.6) is 0 Å². The summed E-state index contributed by atoms with van der Waals surface area (Å²) in [5.74, 6) is 1.21. The van der Waals surface area contributed by atoms with Gasteiger partial charge in [0, 0.05) is 61.2 Å². The molecule has 0 spiro atoms. The number of anilines is 1. The van der Waals surface area contributed by atoms with Gasteiger partial charge in [-0.25, -0.2) is 9.50 Å². The fraction of sp³-hybridized carbons (Fsp3) is 0.375. The van der Waals surface area contributed by atoms with Crippen molar-refractivity contribution in [3.05, 3.63) is 59.7 Å². The van der Waals surface area contributed by atoms with Gasteiger partial charge in [-0.15, -0.1) is 0 Å². The molecule has 0 bridgehead atoms. The summed E-state index contributed by atoms with van der Waals surface area (Å²) in [4.78, 5) is 25.3. The van der Waals surface area contributed by atoms with Crippen LogP contribution in [0.2, 0.25) is 0 Å². The first-order valence-corrected chi connectivity index (χ1v) is 11.2. The highest BCUT2D eigenvalue weighted by Gasteiger charge is 2.26. The van der Waals surface area contributed by atoms with Gasteiger partial charge in [-0.3, -0.25) is 4.79 Å². The van der Waals surface area contributed by atoms with Crippen LogP contribution in [0, 0.1) is 0 Å². The van der Waals surface area contributed by atoms with Gasteiger partial charge in [0.25, 0.3) is 0 Å². The van der Waals surface area contributed by atoms with E-state index in [4.69, 9.17) is 10.1 Å². The summed E-state index contributed by atoms with van der Waals surface area (Å²) in [6, 6.07) is 8.15. The summed E-state index contributed by atoms with van der Waals surface area (Å²) in [6.45, 7) is 3.04. The SMILES string of the molecule is O=C(Cc1c[nH]c2ccccc12)N1CCN(c2nccn3nc4c(c23)CCCC4)CC1. The second-order valence-corrected chi connectivity index (χ2v) is 8.58. The molecule has 0 unspecified atom stereocenters. The number of rotatable bonds is 3.